The molecule has 0 aliphatic rings. The highest BCUT2D eigenvalue weighted by Crippen LogP contribution is 2.22. The lowest BCUT2D eigenvalue weighted by Gasteiger charge is -2.02. The lowest BCUT2D eigenvalue weighted by molar-refractivity contribution is -0.384. The smallest absolute Gasteiger partial charge is 0.271 e. The van der Waals surface area contributed by atoms with Crippen molar-refractivity contribution in [1.82, 2.24) is 20.2 Å². The summed E-state index contributed by atoms with van der Waals surface area (Å²) < 4.78 is 0. The van der Waals surface area contributed by atoms with E-state index in [4.69, 9.17) is 5.73 Å². The van der Waals surface area contributed by atoms with Gasteiger partial charge in [-0.2, -0.15) is 0 Å². The first kappa shape index (κ1) is 12.7. The Morgan fingerprint density at radius 1 is 1.14 bits per heavy atom. The number of benzene rings is 2. The summed E-state index contributed by atoms with van der Waals surface area (Å²) in [5.41, 5.74) is 7.20. The molecule has 1 heterocycles. The normalized spacial score (nSPS) is 10.5. The Balaban J connectivity index is 1.99. The Bertz CT molecular complexity index is 799. The number of nitrogens with two attached hydrogens (primary N) is 1. The van der Waals surface area contributed by atoms with Crippen LogP contribution < -0.4 is 5.73 Å². The van der Waals surface area contributed by atoms with E-state index in [-0.39, 0.29) is 11.4 Å². The van der Waals surface area contributed by atoms with Crippen LogP contribution >= 0.6 is 0 Å². The van der Waals surface area contributed by atoms with Gasteiger partial charge in [-0.3, -0.25) is 10.1 Å². The molecule has 0 saturated carbocycles. The Kier molecular flexibility index (Phi) is 3.03. The second-order valence-corrected chi connectivity index (χ2v) is 4.27. The van der Waals surface area contributed by atoms with E-state index in [0.717, 1.165) is 5.56 Å². The zero-order valence-electron chi connectivity index (χ0n) is 10.7. The summed E-state index contributed by atoms with van der Waals surface area (Å²) in [5.74, 6) is 0.452. The van der Waals surface area contributed by atoms with Crippen LogP contribution in [0.15, 0.2) is 48.5 Å². The third-order valence-electron chi connectivity index (χ3n) is 2.88. The quantitative estimate of drug-likeness (QED) is 0.445. The Morgan fingerprint density at radius 2 is 1.90 bits per heavy atom. The number of nitro benzene ring substituents is 1. The molecule has 3 rings (SSSR count). The minimum absolute atomic E-state index is 0.0837. The number of non-ortho nitro benzene ring substituents is 1. The summed E-state index contributed by atoms with van der Waals surface area (Å²) in [6.45, 7) is 0. The Hall–Kier alpha value is -3.29. The van der Waals surface area contributed by atoms with Crippen LogP contribution in [0.25, 0.3) is 17.1 Å². The minimum atomic E-state index is -0.510. The molecule has 3 aromatic rings. The van der Waals surface area contributed by atoms with Crippen LogP contribution in [0.5, 0.6) is 0 Å². The molecule has 0 spiro atoms. The number of rotatable bonds is 3. The summed E-state index contributed by atoms with van der Waals surface area (Å²) >= 11 is 0. The molecule has 0 fully saturated rings. The van der Waals surface area contributed by atoms with Gasteiger partial charge in [0, 0.05) is 17.7 Å². The molecule has 21 heavy (non-hydrogen) atoms. The zero-order valence-corrected chi connectivity index (χ0v) is 10.7. The van der Waals surface area contributed by atoms with Crippen molar-refractivity contribution >= 4 is 11.4 Å². The monoisotopic (exact) mass is 282 g/mol. The molecule has 0 radical (unpaired) electrons. The second kappa shape index (κ2) is 5.00. The van der Waals surface area contributed by atoms with Gasteiger partial charge < -0.3 is 5.73 Å². The van der Waals surface area contributed by atoms with E-state index in [9.17, 15) is 10.1 Å². The van der Waals surface area contributed by atoms with Crippen LogP contribution in [0.4, 0.5) is 11.4 Å². The predicted molar refractivity (Wildman–Crippen MR) is 75.7 cm³/mol. The van der Waals surface area contributed by atoms with Gasteiger partial charge in [0.25, 0.3) is 5.69 Å². The van der Waals surface area contributed by atoms with Crippen LogP contribution in [-0.2, 0) is 0 Å². The second-order valence-electron chi connectivity index (χ2n) is 4.27. The summed E-state index contributed by atoms with van der Waals surface area (Å²) in [6.07, 6.45) is 0. The van der Waals surface area contributed by atoms with Gasteiger partial charge in [0.1, 0.15) is 5.69 Å². The van der Waals surface area contributed by atoms with Gasteiger partial charge in [-0.25, -0.2) is 0 Å². The summed E-state index contributed by atoms with van der Waals surface area (Å²) in [4.78, 5) is 11.4. The molecule has 8 nitrogen and oxygen atoms in total. The summed E-state index contributed by atoms with van der Waals surface area (Å²) in [7, 11) is 0. The van der Waals surface area contributed by atoms with Crippen LogP contribution in [0.3, 0.4) is 0 Å². The zero-order chi connectivity index (χ0) is 14.8. The highest BCUT2D eigenvalue weighted by Gasteiger charge is 2.13. The van der Waals surface area contributed by atoms with Crippen molar-refractivity contribution < 1.29 is 4.92 Å². The lowest BCUT2D eigenvalue weighted by atomic mass is 10.2. The highest BCUT2D eigenvalue weighted by molar-refractivity contribution is 5.62. The standard InChI is InChI=1S/C13H10N6O2/c14-11-8-10(19(20)21)6-7-12(11)18-16-13(15-17-18)9-4-2-1-3-5-9/h1-8H,14H2. The SMILES string of the molecule is Nc1cc([N+](=O)[O-])ccc1-n1nnc(-c2ccccc2)n1. The van der Waals surface area contributed by atoms with Gasteiger partial charge in [-0.1, -0.05) is 30.3 Å². The maximum absolute atomic E-state index is 10.7. The lowest BCUT2D eigenvalue weighted by Crippen LogP contribution is -2.04. The number of nitrogen functional groups attached to an aromatic ring is 1. The van der Waals surface area contributed by atoms with Crippen molar-refractivity contribution in [1.29, 1.82) is 0 Å². The number of nitro groups is 1. The summed E-state index contributed by atoms with van der Waals surface area (Å²) in [6, 6.07) is 13.5. The van der Waals surface area contributed by atoms with Crippen LogP contribution in [-0.4, -0.2) is 25.1 Å². The molecule has 2 aromatic carbocycles. The molecule has 0 amide bonds. The molecular formula is C13H10N6O2. The number of hydrogen-bond donors (Lipinski definition) is 1. The van der Waals surface area contributed by atoms with E-state index in [1.165, 1.54) is 23.0 Å². The van der Waals surface area contributed by atoms with E-state index in [1.54, 1.807) is 0 Å². The fourth-order valence-electron chi connectivity index (χ4n) is 1.86. The van der Waals surface area contributed by atoms with E-state index in [0.29, 0.717) is 11.5 Å². The molecule has 0 aliphatic heterocycles. The molecule has 0 bridgehead atoms. The Morgan fingerprint density at radius 3 is 2.57 bits per heavy atom. The molecule has 104 valence electrons. The number of nitrogens with zero attached hydrogens (tertiary/aromatic N) is 5. The first-order valence-electron chi connectivity index (χ1n) is 6.05. The van der Waals surface area contributed by atoms with Gasteiger partial charge in [-0.05, 0) is 11.3 Å². The van der Waals surface area contributed by atoms with Gasteiger partial charge in [0.15, 0.2) is 0 Å². The molecule has 0 unspecified atom stereocenters. The minimum Gasteiger partial charge on any atom is -0.397 e. The van der Waals surface area contributed by atoms with Crippen molar-refractivity contribution in [2.75, 3.05) is 5.73 Å². The summed E-state index contributed by atoms with van der Waals surface area (Å²) in [5, 5.41) is 22.8. The molecule has 2 N–H and O–H groups in total. The molecular weight excluding hydrogens is 272 g/mol. The van der Waals surface area contributed by atoms with Gasteiger partial charge in [0.05, 0.1) is 10.6 Å². The fraction of sp³-hybridized carbons (Fsp3) is 0. The van der Waals surface area contributed by atoms with Crippen molar-refractivity contribution in [3.8, 4) is 17.1 Å². The van der Waals surface area contributed by atoms with Crippen LogP contribution in [0.2, 0.25) is 0 Å². The van der Waals surface area contributed by atoms with E-state index < -0.39 is 4.92 Å². The Labute approximate surface area is 119 Å². The van der Waals surface area contributed by atoms with E-state index in [1.807, 2.05) is 30.3 Å². The van der Waals surface area contributed by atoms with Crippen LogP contribution in [0, 0.1) is 10.1 Å². The highest BCUT2D eigenvalue weighted by atomic mass is 16.6. The molecule has 0 aliphatic carbocycles. The fourth-order valence-corrected chi connectivity index (χ4v) is 1.86. The first-order valence-corrected chi connectivity index (χ1v) is 6.05. The number of anilines is 1. The van der Waals surface area contributed by atoms with Gasteiger partial charge in [-0.15, -0.1) is 15.0 Å². The molecule has 8 heteroatoms. The number of aromatic nitrogens is 4. The average Bonchev–Trinajstić information content (AvgIpc) is 2.97. The van der Waals surface area contributed by atoms with Crippen molar-refractivity contribution in [3.63, 3.8) is 0 Å². The molecule has 1 aromatic heterocycles. The van der Waals surface area contributed by atoms with E-state index in [2.05, 4.69) is 15.4 Å². The first-order chi connectivity index (χ1) is 10.1. The third kappa shape index (κ3) is 2.41. The maximum atomic E-state index is 10.7. The van der Waals surface area contributed by atoms with Gasteiger partial charge >= 0.3 is 0 Å². The predicted octanol–water partition coefficient (Wildman–Crippen LogP) is 1.82. The third-order valence-corrected chi connectivity index (χ3v) is 2.88. The van der Waals surface area contributed by atoms with Crippen LogP contribution in [0.1, 0.15) is 0 Å². The van der Waals surface area contributed by atoms with E-state index >= 15 is 0 Å². The molecule has 0 atom stereocenters. The molecule has 0 saturated heterocycles. The van der Waals surface area contributed by atoms with Crippen molar-refractivity contribution in [2.45, 2.75) is 0 Å². The maximum Gasteiger partial charge on any atom is 0.271 e. The van der Waals surface area contributed by atoms with Crippen molar-refractivity contribution in [2.24, 2.45) is 0 Å². The topological polar surface area (TPSA) is 113 Å². The average molecular weight is 282 g/mol. The number of hydrogen-bond acceptors (Lipinski definition) is 6. The van der Waals surface area contributed by atoms with Gasteiger partial charge in [0.2, 0.25) is 5.82 Å². The van der Waals surface area contributed by atoms with Crippen molar-refractivity contribution in [3.05, 3.63) is 58.6 Å². The largest absolute Gasteiger partial charge is 0.397 e. The number of tetrazole rings is 1.